The summed E-state index contributed by atoms with van der Waals surface area (Å²) >= 11 is 0. The van der Waals surface area contributed by atoms with E-state index < -0.39 is 0 Å². The number of nitrogens with zero attached hydrogens (tertiary/aromatic N) is 2. The monoisotopic (exact) mass is 246 g/mol. The molecule has 2 N–H and O–H groups in total. The minimum Gasteiger partial charge on any atom is -0.305 e. The largest absolute Gasteiger partial charge is 0.305 e. The second kappa shape index (κ2) is 5.42. The van der Waals surface area contributed by atoms with Crippen LogP contribution in [0.5, 0.6) is 0 Å². The molecule has 2 aromatic rings. The van der Waals surface area contributed by atoms with Gasteiger partial charge in [-0.1, -0.05) is 12.1 Å². The molecule has 0 spiro atoms. The Bertz CT molecular complexity index is 525. The highest BCUT2D eigenvalue weighted by atomic mass is 16.6. The second-order valence-corrected chi connectivity index (χ2v) is 4.04. The summed E-state index contributed by atoms with van der Waals surface area (Å²) < 4.78 is 0. The lowest BCUT2D eigenvalue weighted by atomic mass is 10.2. The van der Waals surface area contributed by atoms with Gasteiger partial charge in [-0.25, -0.2) is 0 Å². The van der Waals surface area contributed by atoms with Gasteiger partial charge in [0, 0.05) is 30.9 Å². The smallest absolute Gasteiger partial charge is 0.269 e. The number of nitro groups is 1. The van der Waals surface area contributed by atoms with E-state index in [1.165, 1.54) is 6.07 Å². The quantitative estimate of drug-likeness (QED) is 0.625. The first-order valence-corrected chi connectivity index (χ1v) is 5.63. The van der Waals surface area contributed by atoms with E-state index >= 15 is 0 Å². The zero-order valence-corrected chi connectivity index (χ0v) is 9.96. The van der Waals surface area contributed by atoms with Crippen molar-refractivity contribution >= 4 is 5.69 Å². The summed E-state index contributed by atoms with van der Waals surface area (Å²) in [6, 6.07) is 8.63. The van der Waals surface area contributed by atoms with E-state index in [2.05, 4.69) is 15.5 Å². The number of non-ortho nitro benzene ring substituents is 1. The topological polar surface area (TPSA) is 83.8 Å². The summed E-state index contributed by atoms with van der Waals surface area (Å²) in [5.74, 6) is 0. The van der Waals surface area contributed by atoms with Gasteiger partial charge < -0.3 is 5.32 Å². The van der Waals surface area contributed by atoms with Crippen molar-refractivity contribution in [2.24, 2.45) is 0 Å². The number of benzene rings is 1. The van der Waals surface area contributed by atoms with Crippen LogP contribution < -0.4 is 5.32 Å². The lowest BCUT2D eigenvalue weighted by molar-refractivity contribution is -0.384. The van der Waals surface area contributed by atoms with Crippen molar-refractivity contribution in [3.8, 4) is 0 Å². The van der Waals surface area contributed by atoms with E-state index in [9.17, 15) is 10.1 Å². The van der Waals surface area contributed by atoms with Crippen LogP contribution >= 0.6 is 0 Å². The Hall–Kier alpha value is -2.21. The minimum atomic E-state index is -0.387. The predicted octanol–water partition coefficient (Wildman–Crippen LogP) is 2.17. The molecule has 6 heteroatoms. The number of hydrogen-bond donors (Lipinski definition) is 2. The number of H-pyrrole nitrogens is 1. The molecule has 0 aliphatic carbocycles. The van der Waals surface area contributed by atoms with Gasteiger partial charge in [0.1, 0.15) is 0 Å². The molecule has 1 atom stereocenters. The van der Waals surface area contributed by atoms with Crippen molar-refractivity contribution < 1.29 is 4.92 Å². The predicted molar refractivity (Wildman–Crippen MR) is 66.9 cm³/mol. The molecule has 1 unspecified atom stereocenters. The van der Waals surface area contributed by atoms with E-state index in [1.54, 1.807) is 18.3 Å². The van der Waals surface area contributed by atoms with Gasteiger partial charge in [-0.05, 0) is 18.6 Å². The second-order valence-electron chi connectivity index (χ2n) is 4.04. The van der Waals surface area contributed by atoms with Crippen molar-refractivity contribution in [1.82, 2.24) is 15.5 Å². The number of hydrogen-bond acceptors (Lipinski definition) is 4. The zero-order chi connectivity index (χ0) is 13.0. The number of aromatic amines is 1. The molecule has 1 aromatic heterocycles. The molecular weight excluding hydrogens is 232 g/mol. The molecule has 0 bridgehead atoms. The molecule has 18 heavy (non-hydrogen) atoms. The van der Waals surface area contributed by atoms with Gasteiger partial charge in [-0.3, -0.25) is 15.2 Å². The van der Waals surface area contributed by atoms with Crippen LogP contribution in [0.25, 0.3) is 0 Å². The van der Waals surface area contributed by atoms with Crippen molar-refractivity contribution in [1.29, 1.82) is 0 Å². The maximum Gasteiger partial charge on any atom is 0.269 e. The summed E-state index contributed by atoms with van der Waals surface area (Å²) in [5.41, 5.74) is 1.99. The standard InChI is InChI=1S/C12H14N4O2/c1-9(12-5-6-14-15-12)13-8-10-3-2-4-11(7-10)16(17)18/h2-7,9,13H,8H2,1H3,(H,14,15). The number of aromatic nitrogens is 2. The normalized spacial score (nSPS) is 12.3. The summed E-state index contributed by atoms with van der Waals surface area (Å²) in [6.07, 6.45) is 1.70. The molecule has 0 fully saturated rings. The first-order valence-electron chi connectivity index (χ1n) is 5.63. The van der Waals surface area contributed by atoms with Crippen LogP contribution in [-0.2, 0) is 6.54 Å². The number of rotatable bonds is 5. The Balaban J connectivity index is 1.98. The molecule has 2 rings (SSSR count). The van der Waals surface area contributed by atoms with Gasteiger partial charge in [0.2, 0.25) is 0 Å². The average molecular weight is 246 g/mol. The Morgan fingerprint density at radius 2 is 2.33 bits per heavy atom. The third-order valence-corrected chi connectivity index (χ3v) is 2.72. The average Bonchev–Trinajstić information content (AvgIpc) is 2.90. The fourth-order valence-electron chi connectivity index (χ4n) is 1.67. The van der Waals surface area contributed by atoms with Crippen molar-refractivity contribution in [3.63, 3.8) is 0 Å². The van der Waals surface area contributed by atoms with Gasteiger partial charge in [-0.2, -0.15) is 5.10 Å². The Labute approximate surface area is 104 Å². The van der Waals surface area contributed by atoms with Crippen LogP contribution in [0.1, 0.15) is 24.2 Å². The maximum atomic E-state index is 10.6. The molecule has 0 aliphatic heterocycles. The molecule has 6 nitrogen and oxygen atoms in total. The molecule has 0 saturated heterocycles. The van der Waals surface area contributed by atoms with Crippen molar-refractivity contribution in [3.05, 3.63) is 57.9 Å². The summed E-state index contributed by atoms with van der Waals surface area (Å²) in [7, 11) is 0. The Morgan fingerprint density at radius 1 is 1.50 bits per heavy atom. The van der Waals surface area contributed by atoms with Crippen LogP contribution in [0.3, 0.4) is 0 Å². The van der Waals surface area contributed by atoms with Crippen LogP contribution in [-0.4, -0.2) is 15.1 Å². The first kappa shape index (κ1) is 12.3. The molecular formula is C12H14N4O2. The molecule has 0 amide bonds. The SMILES string of the molecule is CC(NCc1cccc([N+](=O)[O-])c1)c1ccn[nH]1. The van der Waals surface area contributed by atoms with Gasteiger partial charge in [-0.15, -0.1) is 0 Å². The molecule has 0 aliphatic rings. The van der Waals surface area contributed by atoms with E-state index in [4.69, 9.17) is 0 Å². The van der Waals surface area contributed by atoms with E-state index in [0.717, 1.165) is 11.3 Å². The minimum absolute atomic E-state index is 0.114. The van der Waals surface area contributed by atoms with Gasteiger partial charge in [0.25, 0.3) is 5.69 Å². The van der Waals surface area contributed by atoms with E-state index in [-0.39, 0.29) is 16.7 Å². The molecule has 0 radical (unpaired) electrons. The van der Waals surface area contributed by atoms with Crippen LogP contribution in [0, 0.1) is 10.1 Å². The highest BCUT2D eigenvalue weighted by Crippen LogP contribution is 2.14. The Morgan fingerprint density at radius 3 is 3.00 bits per heavy atom. The fourth-order valence-corrected chi connectivity index (χ4v) is 1.67. The van der Waals surface area contributed by atoms with Gasteiger partial charge in [0.15, 0.2) is 0 Å². The summed E-state index contributed by atoms with van der Waals surface area (Å²) in [5, 5.41) is 20.7. The van der Waals surface area contributed by atoms with Crippen molar-refractivity contribution in [2.75, 3.05) is 0 Å². The lowest BCUT2D eigenvalue weighted by Gasteiger charge is -2.11. The van der Waals surface area contributed by atoms with Gasteiger partial charge >= 0.3 is 0 Å². The third-order valence-electron chi connectivity index (χ3n) is 2.72. The lowest BCUT2D eigenvalue weighted by Crippen LogP contribution is -2.18. The van der Waals surface area contributed by atoms with Gasteiger partial charge in [0.05, 0.1) is 10.6 Å². The highest BCUT2D eigenvalue weighted by molar-refractivity contribution is 5.34. The zero-order valence-electron chi connectivity index (χ0n) is 9.96. The molecule has 1 aromatic carbocycles. The maximum absolute atomic E-state index is 10.6. The number of nitro benzene ring substituents is 1. The highest BCUT2D eigenvalue weighted by Gasteiger charge is 2.08. The van der Waals surface area contributed by atoms with E-state index in [0.29, 0.717) is 6.54 Å². The third kappa shape index (κ3) is 2.92. The van der Waals surface area contributed by atoms with Crippen LogP contribution in [0.2, 0.25) is 0 Å². The molecule has 94 valence electrons. The summed E-state index contributed by atoms with van der Waals surface area (Å²) in [4.78, 5) is 10.3. The fraction of sp³-hybridized carbons (Fsp3) is 0.250. The first-order chi connectivity index (χ1) is 8.66. The summed E-state index contributed by atoms with van der Waals surface area (Å²) in [6.45, 7) is 2.58. The molecule has 0 saturated carbocycles. The number of nitrogens with one attached hydrogen (secondary N) is 2. The van der Waals surface area contributed by atoms with Crippen LogP contribution in [0.4, 0.5) is 5.69 Å². The van der Waals surface area contributed by atoms with Crippen molar-refractivity contribution in [2.45, 2.75) is 19.5 Å². The van der Waals surface area contributed by atoms with Crippen LogP contribution in [0.15, 0.2) is 36.5 Å². The molecule has 1 heterocycles. The van der Waals surface area contributed by atoms with E-state index in [1.807, 2.05) is 19.1 Å². The Kier molecular flexibility index (Phi) is 3.69.